The molecule has 6 heteroatoms. The van der Waals surface area contributed by atoms with E-state index in [1.807, 2.05) is 31.9 Å². The average molecular weight is 446 g/mol. The summed E-state index contributed by atoms with van der Waals surface area (Å²) >= 11 is 0. The second-order valence-electron chi connectivity index (χ2n) is 10.3. The standard InChI is InChI=1S/C26H43N3O3/c1-18-14-19(2)21(4)28-16-23(17-30)24(20(3)15-18)27-11-8-22-9-12-29(13-10-22)25(31)32-26(5,6)7/h14-16,20-22,27,30H,8-13,17H2,1-7H3/b18-15-,19-14-,24-23-,28-16-. The quantitative estimate of drug-likeness (QED) is 0.634. The molecule has 2 aliphatic heterocycles. The van der Waals surface area contributed by atoms with Crippen molar-refractivity contribution in [1.82, 2.24) is 10.2 Å². The van der Waals surface area contributed by atoms with E-state index in [9.17, 15) is 9.90 Å². The first-order valence-corrected chi connectivity index (χ1v) is 12.0. The Bertz CT molecular complexity index is 766. The number of aliphatic hydroxyl groups is 1. The molecular formula is C26H43N3O3. The number of piperidine rings is 1. The number of allylic oxidation sites excluding steroid dienone is 3. The van der Waals surface area contributed by atoms with Gasteiger partial charge in [-0.25, -0.2) is 4.79 Å². The minimum Gasteiger partial charge on any atom is -0.444 e. The van der Waals surface area contributed by atoms with Crippen LogP contribution in [0.3, 0.4) is 0 Å². The van der Waals surface area contributed by atoms with Crippen LogP contribution in [0.25, 0.3) is 0 Å². The van der Waals surface area contributed by atoms with Crippen LogP contribution in [0.4, 0.5) is 4.79 Å². The predicted octanol–water partition coefficient (Wildman–Crippen LogP) is 4.86. The van der Waals surface area contributed by atoms with Crippen molar-refractivity contribution in [2.75, 3.05) is 26.2 Å². The monoisotopic (exact) mass is 445 g/mol. The number of rotatable bonds is 5. The Kier molecular flexibility index (Phi) is 9.56. The molecule has 1 saturated heterocycles. The number of carbonyl (C=O) groups is 1. The summed E-state index contributed by atoms with van der Waals surface area (Å²) in [6, 6.07) is 0.0877. The third-order valence-electron chi connectivity index (χ3n) is 6.19. The maximum Gasteiger partial charge on any atom is 0.410 e. The van der Waals surface area contributed by atoms with Crippen molar-refractivity contribution >= 4 is 12.3 Å². The van der Waals surface area contributed by atoms with Gasteiger partial charge < -0.3 is 20.1 Å². The number of nitrogens with one attached hydrogen (secondary N) is 1. The highest BCUT2D eigenvalue weighted by atomic mass is 16.6. The van der Waals surface area contributed by atoms with Crippen LogP contribution >= 0.6 is 0 Å². The highest BCUT2D eigenvalue weighted by molar-refractivity contribution is 5.80. The van der Waals surface area contributed by atoms with E-state index in [1.165, 1.54) is 11.1 Å². The molecule has 2 N–H and O–H groups in total. The van der Waals surface area contributed by atoms with Gasteiger partial charge >= 0.3 is 6.09 Å². The summed E-state index contributed by atoms with van der Waals surface area (Å²) in [4.78, 5) is 18.8. The third kappa shape index (κ3) is 8.12. The topological polar surface area (TPSA) is 74.2 Å². The smallest absolute Gasteiger partial charge is 0.410 e. The summed E-state index contributed by atoms with van der Waals surface area (Å²) < 4.78 is 5.50. The normalized spacial score (nSPS) is 30.1. The van der Waals surface area contributed by atoms with Crippen LogP contribution in [-0.4, -0.2) is 60.2 Å². The Morgan fingerprint density at radius 1 is 1.25 bits per heavy atom. The molecule has 0 bridgehead atoms. The van der Waals surface area contributed by atoms with Gasteiger partial charge in [-0.1, -0.05) is 24.6 Å². The van der Waals surface area contributed by atoms with Gasteiger partial charge in [-0.05, 0) is 72.3 Å². The Morgan fingerprint density at radius 3 is 2.50 bits per heavy atom. The molecule has 0 aromatic heterocycles. The first-order chi connectivity index (χ1) is 15.0. The fourth-order valence-electron chi connectivity index (χ4n) is 4.23. The van der Waals surface area contributed by atoms with Crippen LogP contribution in [0.15, 0.2) is 39.6 Å². The third-order valence-corrected chi connectivity index (χ3v) is 6.19. The molecule has 1 fully saturated rings. The van der Waals surface area contributed by atoms with Gasteiger partial charge in [0.1, 0.15) is 5.60 Å². The molecule has 2 rings (SSSR count). The Morgan fingerprint density at radius 2 is 1.91 bits per heavy atom. The van der Waals surface area contributed by atoms with E-state index in [0.717, 1.165) is 50.2 Å². The number of carbonyl (C=O) groups excluding carboxylic acids is 1. The lowest BCUT2D eigenvalue weighted by atomic mass is 9.93. The van der Waals surface area contributed by atoms with Gasteiger partial charge in [-0.15, -0.1) is 0 Å². The zero-order valence-corrected chi connectivity index (χ0v) is 21.1. The van der Waals surface area contributed by atoms with Crippen LogP contribution < -0.4 is 5.32 Å². The SMILES string of the molecule is CC1=C/C(C)/C(NCCC2CCN(C(=O)OC(C)(C)C)CC2)=C(CO)\C=N/C(C)/C(C)=C\1. The number of aliphatic imine (C=N–C) groups is 1. The first kappa shape index (κ1) is 26.2. The summed E-state index contributed by atoms with van der Waals surface area (Å²) in [5, 5.41) is 13.6. The lowest BCUT2D eigenvalue weighted by Crippen LogP contribution is -2.42. The van der Waals surface area contributed by atoms with Crippen molar-refractivity contribution in [3.05, 3.63) is 34.6 Å². The minimum absolute atomic E-state index is 0.0349. The minimum atomic E-state index is -0.454. The Labute approximate surface area is 194 Å². The molecular weight excluding hydrogens is 402 g/mol. The van der Waals surface area contributed by atoms with E-state index < -0.39 is 5.60 Å². The van der Waals surface area contributed by atoms with Crippen molar-refractivity contribution in [3.8, 4) is 0 Å². The summed E-state index contributed by atoms with van der Waals surface area (Å²) in [5.41, 5.74) is 3.87. The number of likely N-dealkylation sites (tertiary alicyclic amines) is 1. The second kappa shape index (κ2) is 11.7. The van der Waals surface area contributed by atoms with Crippen molar-refractivity contribution in [2.24, 2.45) is 16.8 Å². The molecule has 6 nitrogen and oxygen atoms in total. The molecule has 0 saturated carbocycles. The summed E-state index contributed by atoms with van der Waals surface area (Å²) in [6.07, 6.45) is 9.07. The average Bonchev–Trinajstić information content (AvgIpc) is 2.70. The van der Waals surface area contributed by atoms with E-state index in [-0.39, 0.29) is 24.7 Å². The van der Waals surface area contributed by atoms with E-state index in [2.05, 4.69) is 50.2 Å². The zero-order valence-electron chi connectivity index (χ0n) is 21.1. The van der Waals surface area contributed by atoms with E-state index in [0.29, 0.717) is 5.92 Å². The number of nitrogens with zero attached hydrogens (tertiary/aromatic N) is 2. The number of aliphatic hydroxyl groups excluding tert-OH is 1. The lowest BCUT2D eigenvalue weighted by molar-refractivity contribution is 0.0181. The number of hydrogen-bond donors (Lipinski definition) is 2. The molecule has 0 spiro atoms. The summed E-state index contributed by atoms with van der Waals surface area (Å²) in [6.45, 7) is 16.5. The van der Waals surface area contributed by atoms with Crippen molar-refractivity contribution in [2.45, 2.75) is 79.4 Å². The summed E-state index contributed by atoms with van der Waals surface area (Å²) in [7, 11) is 0. The van der Waals surface area contributed by atoms with E-state index in [4.69, 9.17) is 4.74 Å². The molecule has 0 aromatic rings. The van der Waals surface area contributed by atoms with Crippen molar-refractivity contribution in [3.63, 3.8) is 0 Å². The van der Waals surface area contributed by atoms with Gasteiger partial charge in [0.25, 0.3) is 0 Å². The maximum absolute atomic E-state index is 12.3. The van der Waals surface area contributed by atoms with Gasteiger partial charge in [0.05, 0.1) is 12.6 Å². The van der Waals surface area contributed by atoms with Gasteiger partial charge in [-0.3, -0.25) is 4.99 Å². The van der Waals surface area contributed by atoms with Gasteiger partial charge in [0.2, 0.25) is 0 Å². The van der Waals surface area contributed by atoms with Gasteiger partial charge in [0, 0.05) is 43.0 Å². The molecule has 2 aliphatic rings. The largest absolute Gasteiger partial charge is 0.444 e. The van der Waals surface area contributed by atoms with Crippen molar-refractivity contribution in [1.29, 1.82) is 0 Å². The molecule has 32 heavy (non-hydrogen) atoms. The highest BCUT2D eigenvalue weighted by Crippen LogP contribution is 2.23. The highest BCUT2D eigenvalue weighted by Gasteiger charge is 2.26. The number of amides is 1. The fraction of sp³-hybridized carbons (Fsp3) is 0.692. The van der Waals surface area contributed by atoms with Crippen LogP contribution in [0.2, 0.25) is 0 Å². The van der Waals surface area contributed by atoms with Crippen molar-refractivity contribution < 1.29 is 14.6 Å². The molecule has 2 atom stereocenters. The van der Waals surface area contributed by atoms with Gasteiger partial charge in [-0.2, -0.15) is 0 Å². The van der Waals surface area contributed by atoms with E-state index >= 15 is 0 Å². The van der Waals surface area contributed by atoms with Crippen LogP contribution in [0.5, 0.6) is 0 Å². The Hall–Kier alpha value is -2.08. The van der Waals surface area contributed by atoms with Gasteiger partial charge in [0.15, 0.2) is 0 Å². The maximum atomic E-state index is 12.3. The molecule has 2 heterocycles. The van der Waals surface area contributed by atoms with Crippen LogP contribution in [-0.2, 0) is 4.74 Å². The Balaban J connectivity index is 1.96. The lowest BCUT2D eigenvalue weighted by Gasteiger charge is -2.33. The summed E-state index contributed by atoms with van der Waals surface area (Å²) in [5.74, 6) is 0.737. The second-order valence-corrected chi connectivity index (χ2v) is 10.3. The fourth-order valence-corrected chi connectivity index (χ4v) is 4.23. The zero-order chi connectivity index (χ0) is 23.9. The molecule has 180 valence electrons. The number of hydrogen-bond acceptors (Lipinski definition) is 5. The van der Waals surface area contributed by atoms with Crippen LogP contribution in [0.1, 0.15) is 67.7 Å². The van der Waals surface area contributed by atoms with Crippen LogP contribution in [0, 0.1) is 11.8 Å². The molecule has 0 aliphatic carbocycles. The molecule has 1 amide bonds. The predicted molar refractivity (Wildman–Crippen MR) is 132 cm³/mol. The molecule has 0 aromatic carbocycles. The number of ether oxygens (including phenoxy) is 1. The first-order valence-electron chi connectivity index (χ1n) is 12.0. The van der Waals surface area contributed by atoms with E-state index in [1.54, 1.807) is 0 Å². The molecule has 0 radical (unpaired) electrons. The molecule has 2 unspecified atom stereocenters.